The van der Waals surface area contributed by atoms with Gasteiger partial charge in [-0.25, -0.2) is 4.98 Å². The fourth-order valence-electron chi connectivity index (χ4n) is 1.80. The van der Waals surface area contributed by atoms with Crippen LogP contribution < -0.4 is 0 Å². The van der Waals surface area contributed by atoms with E-state index in [9.17, 15) is 0 Å². The number of hydrogen-bond donors (Lipinski definition) is 0. The van der Waals surface area contributed by atoms with Crippen molar-refractivity contribution in [2.45, 2.75) is 45.7 Å². The fourth-order valence-corrected chi connectivity index (χ4v) is 2.93. The highest BCUT2D eigenvalue weighted by Crippen LogP contribution is 2.25. The van der Waals surface area contributed by atoms with Crippen molar-refractivity contribution in [3.8, 4) is 0 Å². The van der Waals surface area contributed by atoms with Gasteiger partial charge in [-0.3, -0.25) is 4.90 Å². The Kier molecular flexibility index (Phi) is 5.03. The standard InChI is InChI=1S/C11H19ClN2S/c1-5-14(8(2)3)9(4)11-13-10(6-12)7-15-11/h7-9H,5-6H2,1-4H3. The Bertz CT molecular complexity index is 299. The van der Waals surface area contributed by atoms with E-state index < -0.39 is 0 Å². The van der Waals surface area contributed by atoms with E-state index in [0.29, 0.717) is 18.0 Å². The molecule has 1 aromatic rings. The van der Waals surface area contributed by atoms with Crippen molar-refractivity contribution in [2.75, 3.05) is 6.54 Å². The lowest BCUT2D eigenvalue weighted by molar-refractivity contribution is 0.174. The molecule has 1 rings (SSSR count). The first-order valence-corrected chi connectivity index (χ1v) is 6.77. The largest absolute Gasteiger partial charge is 0.292 e. The molecule has 1 atom stereocenters. The normalized spacial score (nSPS) is 13.8. The van der Waals surface area contributed by atoms with Crippen molar-refractivity contribution in [3.05, 3.63) is 16.1 Å². The van der Waals surface area contributed by atoms with Crippen LogP contribution in [-0.2, 0) is 5.88 Å². The molecule has 0 amide bonds. The molecular weight excluding hydrogens is 228 g/mol. The predicted octanol–water partition coefficient (Wildman–Crippen LogP) is 3.67. The molecule has 86 valence electrons. The fraction of sp³-hybridized carbons (Fsp3) is 0.727. The van der Waals surface area contributed by atoms with Gasteiger partial charge in [0.05, 0.1) is 17.6 Å². The van der Waals surface area contributed by atoms with Crippen molar-refractivity contribution < 1.29 is 0 Å². The molecule has 15 heavy (non-hydrogen) atoms. The molecule has 0 fully saturated rings. The first-order valence-electron chi connectivity index (χ1n) is 5.36. The van der Waals surface area contributed by atoms with Gasteiger partial charge < -0.3 is 0 Å². The van der Waals surface area contributed by atoms with Crippen LogP contribution in [0.15, 0.2) is 5.38 Å². The van der Waals surface area contributed by atoms with Crippen LogP contribution in [0, 0.1) is 0 Å². The Hall–Kier alpha value is -0.120. The van der Waals surface area contributed by atoms with Crippen molar-refractivity contribution in [1.29, 1.82) is 0 Å². The van der Waals surface area contributed by atoms with E-state index in [-0.39, 0.29) is 0 Å². The second-order valence-electron chi connectivity index (χ2n) is 3.91. The Balaban J connectivity index is 2.77. The van der Waals surface area contributed by atoms with Crippen LogP contribution in [0.3, 0.4) is 0 Å². The second-order valence-corrected chi connectivity index (χ2v) is 5.07. The minimum Gasteiger partial charge on any atom is -0.292 e. The molecule has 1 heterocycles. The molecule has 0 aliphatic carbocycles. The Morgan fingerprint density at radius 1 is 1.47 bits per heavy atom. The number of nitrogens with zero attached hydrogens (tertiary/aromatic N) is 2. The van der Waals surface area contributed by atoms with Crippen LogP contribution in [-0.4, -0.2) is 22.5 Å². The molecule has 0 radical (unpaired) electrons. The lowest BCUT2D eigenvalue weighted by atomic mass is 10.2. The quantitative estimate of drug-likeness (QED) is 0.737. The van der Waals surface area contributed by atoms with Gasteiger partial charge in [-0.1, -0.05) is 6.92 Å². The van der Waals surface area contributed by atoms with E-state index in [1.165, 1.54) is 5.01 Å². The first kappa shape index (κ1) is 12.9. The van der Waals surface area contributed by atoms with Gasteiger partial charge in [0.25, 0.3) is 0 Å². The van der Waals surface area contributed by atoms with Gasteiger partial charge in [0.2, 0.25) is 0 Å². The summed E-state index contributed by atoms with van der Waals surface area (Å²) in [6.45, 7) is 9.88. The molecule has 0 saturated heterocycles. The third kappa shape index (κ3) is 3.16. The van der Waals surface area contributed by atoms with Crippen molar-refractivity contribution >= 4 is 22.9 Å². The summed E-state index contributed by atoms with van der Waals surface area (Å²) in [7, 11) is 0. The van der Waals surface area contributed by atoms with E-state index in [2.05, 4.69) is 37.6 Å². The van der Waals surface area contributed by atoms with Gasteiger partial charge in [-0.15, -0.1) is 22.9 Å². The number of rotatable bonds is 5. The highest BCUT2D eigenvalue weighted by Gasteiger charge is 2.19. The SMILES string of the molecule is CCN(C(C)C)C(C)c1nc(CCl)cs1. The summed E-state index contributed by atoms with van der Waals surface area (Å²) >= 11 is 7.46. The van der Waals surface area contributed by atoms with Gasteiger partial charge in [-0.05, 0) is 27.3 Å². The predicted molar refractivity (Wildman–Crippen MR) is 67.6 cm³/mol. The number of alkyl halides is 1. The van der Waals surface area contributed by atoms with E-state index in [4.69, 9.17) is 11.6 Å². The van der Waals surface area contributed by atoms with Crippen molar-refractivity contribution in [1.82, 2.24) is 9.88 Å². The zero-order valence-electron chi connectivity index (χ0n) is 9.83. The van der Waals surface area contributed by atoms with Crippen molar-refractivity contribution in [2.24, 2.45) is 0 Å². The van der Waals surface area contributed by atoms with Crippen LogP contribution in [0.1, 0.15) is 44.4 Å². The summed E-state index contributed by atoms with van der Waals surface area (Å²) in [5.41, 5.74) is 0.989. The summed E-state index contributed by atoms with van der Waals surface area (Å²) in [6.07, 6.45) is 0. The smallest absolute Gasteiger partial charge is 0.110 e. The minimum atomic E-state index is 0.386. The number of halogens is 1. The lowest BCUT2D eigenvalue weighted by Crippen LogP contribution is -2.33. The van der Waals surface area contributed by atoms with E-state index in [1.54, 1.807) is 11.3 Å². The monoisotopic (exact) mass is 246 g/mol. The zero-order valence-corrected chi connectivity index (χ0v) is 11.4. The van der Waals surface area contributed by atoms with Gasteiger partial charge >= 0.3 is 0 Å². The molecule has 1 aromatic heterocycles. The molecule has 0 N–H and O–H groups in total. The van der Waals surface area contributed by atoms with Gasteiger partial charge in [-0.2, -0.15) is 0 Å². The minimum absolute atomic E-state index is 0.386. The zero-order chi connectivity index (χ0) is 11.4. The van der Waals surface area contributed by atoms with Crippen LogP contribution >= 0.6 is 22.9 Å². The summed E-state index contributed by atoms with van der Waals surface area (Å²) in [5.74, 6) is 0.511. The summed E-state index contributed by atoms with van der Waals surface area (Å²) in [6, 6.07) is 0.935. The molecule has 0 aliphatic rings. The second kappa shape index (κ2) is 5.83. The van der Waals surface area contributed by atoms with Gasteiger partial charge in [0.1, 0.15) is 5.01 Å². The maximum atomic E-state index is 5.75. The van der Waals surface area contributed by atoms with E-state index in [1.807, 2.05) is 5.38 Å². The highest BCUT2D eigenvalue weighted by molar-refractivity contribution is 7.09. The van der Waals surface area contributed by atoms with Gasteiger partial charge in [0.15, 0.2) is 0 Å². The summed E-state index contributed by atoms with van der Waals surface area (Å²) < 4.78 is 0. The molecule has 4 heteroatoms. The van der Waals surface area contributed by atoms with Crippen molar-refractivity contribution in [3.63, 3.8) is 0 Å². The van der Waals surface area contributed by atoms with Crippen LogP contribution in [0.2, 0.25) is 0 Å². The first-order chi connectivity index (χ1) is 7.10. The molecule has 0 bridgehead atoms. The number of aromatic nitrogens is 1. The van der Waals surface area contributed by atoms with E-state index >= 15 is 0 Å². The Morgan fingerprint density at radius 2 is 2.13 bits per heavy atom. The Morgan fingerprint density at radius 3 is 2.53 bits per heavy atom. The molecule has 1 unspecified atom stereocenters. The molecule has 0 saturated carbocycles. The highest BCUT2D eigenvalue weighted by atomic mass is 35.5. The van der Waals surface area contributed by atoms with Crippen LogP contribution in [0.25, 0.3) is 0 Å². The maximum Gasteiger partial charge on any atom is 0.110 e. The summed E-state index contributed by atoms with van der Waals surface area (Å²) in [4.78, 5) is 6.95. The Labute approximate surface area is 101 Å². The third-order valence-electron chi connectivity index (χ3n) is 2.59. The average molecular weight is 247 g/mol. The number of thiazole rings is 1. The molecular formula is C11H19ClN2S. The van der Waals surface area contributed by atoms with E-state index in [0.717, 1.165) is 12.2 Å². The molecule has 0 aliphatic heterocycles. The van der Waals surface area contributed by atoms with Crippen LogP contribution in [0.4, 0.5) is 0 Å². The molecule has 2 nitrogen and oxygen atoms in total. The summed E-state index contributed by atoms with van der Waals surface area (Å²) in [5, 5.41) is 3.22. The topological polar surface area (TPSA) is 16.1 Å². The number of hydrogen-bond acceptors (Lipinski definition) is 3. The average Bonchev–Trinajstić information content (AvgIpc) is 2.66. The third-order valence-corrected chi connectivity index (χ3v) is 3.93. The molecule has 0 spiro atoms. The molecule has 0 aromatic carbocycles. The maximum absolute atomic E-state index is 5.75. The van der Waals surface area contributed by atoms with Crippen LogP contribution in [0.5, 0.6) is 0 Å². The lowest BCUT2D eigenvalue weighted by Gasteiger charge is -2.30. The van der Waals surface area contributed by atoms with Gasteiger partial charge in [0, 0.05) is 11.4 Å².